The summed E-state index contributed by atoms with van der Waals surface area (Å²) in [6, 6.07) is 13.9. The molecule has 0 aliphatic rings. The summed E-state index contributed by atoms with van der Waals surface area (Å²) in [5, 5.41) is 9.66. The van der Waals surface area contributed by atoms with Crippen molar-refractivity contribution < 1.29 is 14.7 Å². The van der Waals surface area contributed by atoms with Crippen LogP contribution < -0.4 is 0 Å². The second-order valence-electron chi connectivity index (χ2n) is 4.80. The number of hydrogen-bond donors (Lipinski definition) is 1. The second-order valence-corrected chi connectivity index (χ2v) is 4.80. The molecule has 0 amide bonds. The van der Waals surface area contributed by atoms with Crippen molar-refractivity contribution in [3.63, 3.8) is 0 Å². The van der Waals surface area contributed by atoms with Crippen LogP contribution in [-0.4, -0.2) is 16.7 Å². The Labute approximate surface area is 123 Å². The van der Waals surface area contributed by atoms with Crippen LogP contribution in [0.25, 0.3) is 6.08 Å². The van der Waals surface area contributed by atoms with Gasteiger partial charge in [0.05, 0.1) is 5.56 Å². The van der Waals surface area contributed by atoms with E-state index in [4.69, 9.17) is 0 Å². The van der Waals surface area contributed by atoms with E-state index in [0.29, 0.717) is 5.56 Å². The molecule has 21 heavy (non-hydrogen) atoms. The Morgan fingerprint density at radius 3 is 2.33 bits per heavy atom. The number of carbonyl (C=O) groups excluding carboxylic acids is 2. The average molecular weight is 280 g/mol. The topological polar surface area (TPSA) is 54.4 Å². The molecule has 0 aliphatic carbocycles. The SMILES string of the molecule is CC(=O)/C=C/c1ccc(CC(=O)c2ccccc2O)cc1. The first-order valence-electron chi connectivity index (χ1n) is 6.65. The molecule has 0 spiro atoms. The Kier molecular flexibility index (Phi) is 4.67. The quantitative estimate of drug-likeness (QED) is 0.674. The third kappa shape index (κ3) is 4.14. The lowest BCUT2D eigenvalue weighted by Gasteiger charge is -2.04. The molecule has 0 saturated carbocycles. The molecule has 0 saturated heterocycles. The van der Waals surface area contributed by atoms with Crippen LogP contribution in [0.15, 0.2) is 54.6 Å². The largest absolute Gasteiger partial charge is 0.507 e. The van der Waals surface area contributed by atoms with Gasteiger partial charge in [-0.2, -0.15) is 0 Å². The van der Waals surface area contributed by atoms with E-state index >= 15 is 0 Å². The molecule has 0 radical (unpaired) electrons. The maximum Gasteiger partial charge on any atom is 0.170 e. The fourth-order valence-corrected chi connectivity index (χ4v) is 1.95. The van der Waals surface area contributed by atoms with Crippen LogP contribution in [0.1, 0.15) is 28.4 Å². The molecule has 0 unspecified atom stereocenters. The molecule has 106 valence electrons. The normalized spacial score (nSPS) is 10.7. The second kappa shape index (κ2) is 6.66. The summed E-state index contributed by atoms with van der Waals surface area (Å²) in [7, 11) is 0. The fourth-order valence-electron chi connectivity index (χ4n) is 1.95. The monoisotopic (exact) mass is 280 g/mol. The molecule has 2 rings (SSSR count). The van der Waals surface area contributed by atoms with Gasteiger partial charge in [-0.1, -0.05) is 42.5 Å². The Balaban J connectivity index is 2.09. The van der Waals surface area contributed by atoms with E-state index in [9.17, 15) is 14.7 Å². The van der Waals surface area contributed by atoms with Crippen molar-refractivity contribution in [2.75, 3.05) is 0 Å². The van der Waals surface area contributed by atoms with Crippen LogP contribution >= 0.6 is 0 Å². The highest BCUT2D eigenvalue weighted by molar-refractivity contribution is 5.99. The predicted molar refractivity (Wildman–Crippen MR) is 82.3 cm³/mol. The van der Waals surface area contributed by atoms with Gasteiger partial charge in [-0.05, 0) is 36.3 Å². The minimum absolute atomic E-state index is 0.00325. The summed E-state index contributed by atoms with van der Waals surface area (Å²) in [6.07, 6.45) is 3.47. The minimum Gasteiger partial charge on any atom is -0.507 e. The van der Waals surface area contributed by atoms with Crippen molar-refractivity contribution in [3.05, 3.63) is 71.3 Å². The molecule has 2 aromatic rings. The molecular weight excluding hydrogens is 264 g/mol. The number of benzene rings is 2. The number of aromatic hydroxyl groups is 1. The van der Waals surface area contributed by atoms with Gasteiger partial charge in [-0.25, -0.2) is 0 Å². The summed E-state index contributed by atoms with van der Waals surface area (Å²) in [5.74, 6) is -0.127. The number of phenolic OH excluding ortho intramolecular Hbond substituents is 1. The molecule has 0 bridgehead atoms. The predicted octanol–water partition coefficient (Wildman–Crippen LogP) is 3.42. The van der Waals surface area contributed by atoms with Crippen LogP contribution in [0.2, 0.25) is 0 Å². The molecular formula is C18H16O3. The van der Waals surface area contributed by atoms with Crippen LogP contribution in [0, 0.1) is 0 Å². The standard InChI is InChI=1S/C18H16O3/c1-13(19)6-7-14-8-10-15(11-9-14)12-18(21)16-4-2-3-5-17(16)20/h2-11,20H,12H2,1H3/b7-6+. The van der Waals surface area contributed by atoms with E-state index in [-0.39, 0.29) is 23.7 Å². The van der Waals surface area contributed by atoms with Crippen LogP contribution in [0.4, 0.5) is 0 Å². The van der Waals surface area contributed by atoms with Gasteiger partial charge < -0.3 is 5.11 Å². The van der Waals surface area contributed by atoms with E-state index < -0.39 is 0 Å². The first-order chi connectivity index (χ1) is 10.1. The Hall–Kier alpha value is -2.68. The van der Waals surface area contributed by atoms with Gasteiger partial charge in [0.2, 0.25) is 0 Å². The van der Waals surface area contributed by atoms with E-state index in [1.807, 2.05) is 24.3 Å². The van der Waals surface area contributed by atoms with Gasteiger partial charge in [-0.15, -0.1) is 0 Å². The number of phenols is 1. The highest BCUT2D eigenvalue weighted by Gasteiger charge is 2.10. The molecule has 3 heteroatoms. The van der Waals surface area contributed by atoms with Gasteiger partial charge >= 0.3 is 0 Å². The number of rotatable bonds is 5. The molecule has 0 atom stereocenters. The van der Waals surface area contributed by atoms with Crippen LogP contribution in [0.5, 0.6) is 5.75 Å². The smallest absolute Gasteiger partial charge is 0.170 e. The lowest BCUT2D eigenvalue weighted by molar-refractivity contribution is -0.112. The molecule has 2 aromatic carbocycles. The number of Topliss-reactive ketones (excluding diaryl/α,β-unsaturated/α-hetero) is 1. The van der Waals surface area contributed by atoms with E-state index in [0.717, 1.165) is 11.1 Å². The molecule has 3 nitrogen and oxygen atoms in total. The molecule has 0 fully saturated rings. The van der Waals surface area contributed by atoms with Gasteiger partial charge in [0.25, 0.3) is 0 Å². The van der Waals surface area contributed by atoms with Crippen LogP contribution in [-0.2, 0) is 11.2 Å². The van der Waals surface area contributed by atoms with Gasteiger partial charge in [0.15, 0.2) is 11.6 Å². The molecule has 0 aromatic heterocycles. The summed E-state index contributed by atoms with van der Waals surface area (Å²) in [6.45, 7) is 1.50. The zero-order valence-corrected chi connectivity index (χ0v) is 11.7. The lowest BCUT2D eigenvalue weighted by Crippen LogP contribution is -2.03. The highest BCUT2D eigenvalue weighted by atomic mass is 16.3. The summed E-state index contributed by atoms with van der Waals surface area (Å²) in [4.78, 5) is 23.0. The van der Waals surface area contributed by atoms with E-state index in [1.165, 1.54) is 19.1 Å². The fraction of sp³-hybridized carbons (Fsp3) is 0.111. The minimum atomic E-state index is -0.125. The number of hydrogen-bond acceptors (Lipinski definition) is 3. The van der Waals surface area contributed by atoms with Gasteiger partial charge in [0, 0.05) is 6.42 Å². The summed E-state index contributed by atoms with van der Waals surface area (Å²) >= 11 is 0. The highest BCUT2D eigenvalue weighted by Crippen LogP contribution is 2.18. The molecule has 0 heterocycles. The first kappa shape index (κ1) is 14.7. The summed E-state index contributed by atoms with van der Waals surface area (Å²) < 4.78 is 0. The van der Waals surface area contributed by atoms with Crippen molar-refractivity contribution in [2.24, 2.45) is 0 Å². The Morgan fingerprint density at radius 1 is 1.05 bits per heavy atom. The van der Waals surface area contributed by atoms with Crippen molar-refractivity contribution in [2.45, 2.75) is 13.3 Å². The van der Waals surface area contributed by atoms with E-state index in [1.54, 1.807) is 24.3 Å². The third-order valence-electron chi connectivity index (χ3n) is 3.06. The molecule has 0 aliphatic heterocycles. The van der Waals surface area contributed by atoms with Crippen molar-refractivity contribution >= 4 is 17.6 Å². The average Bonchev–Trinajstić information content (AvgIpc) is 2.47. The van der Waals surface area contributed by atoms with E-state index in [2.05, 4.69) is 0 Å². The first-order valence-corrected chi connectivity index (χ1v) is 6.65. The Morgan fingerprint density at radius 2 is 1.71 bits per heavy atom. The number of allylic oxidation sites excluding steroid dienone is 1. The van der Waals surface area contributed by atoms with Crippen molar-refractivity contribution in [1.29, 1.82) is 0 Å². The third-order valence-corrected chi connectivity index (χ3v) is 3.06. The lowest BCUT2D eigenvalue weighted by atomic mass is 10.0. The summed E-state index contributed by atoms with van der Waals surface area (Å²) in [5.41, 5.74) is 2.10. The van der Waals surface area contributed by atoms with Crippen molar-refractivity contribution in [3.8, 4) is 5.75 Å². The number of para-hydroxylation sites is 1. The molecule has 1 N–H and O–H groups in total. The van der Waals surface area contributed by atoms with Crippen LogP contribution in [0.3, 0.4) is 0 Å². The zero-order chi connectivity index (χ0) is 15.2. The zero-order valence-electron chi connectivity index (χ0n) is 11.7. The maximum absolute atomic E-state index is 12.1. The van der Waals surface area contributed by atoms with Crippen molar-refractivity contribution in [1.82, 2.24) is 0 Å². The number of ketones is 2. The van der Waals surface area contributed by atoms with Gasteiger partial charge in [-0.3, -0.25) is 9.59 Å². The van der Waals surface area contributed by atoms with Gasteiger partial charge in [0.1, 0.15) is 5.75 Å². The maximum atomic E-state index is 12.1. The Bertz CT molecular complexity index is 682. The number of carbonyl (C=O) groups is 2.